The Balaban J connectivity index is 2.63. The Morgan fingerprint density at radius 1 is 1.50 bits per heavy atom. The molecule has 1 atom stereocenters. The number of hydrogen-bond acceptors (Lipinski definition) is 3. The summed E-state index contributed by atoms with van der Waals surface area (Å²) in [7, 11) is 0. The zero-order chi connectivity index (χ0) is 10.6. The van der Waals surface area contributed by atoms with E-state index < -0.39 is 6.10 Å². The molecule has 0 heterocycles. The highest BCUT2D eigenvalue weighted by Crippen LogP contribution is 2.16. The summed E-state index contributed by atoms with van der Waals surface area (Å²) in [5.74, 6) is -0.284. The SMILES string of the molecule is Cc1c(F)cccc1NCC(O)CO. The van der Waals surface area contributed by atoms with Gasteiger partial charge in [-0.05, 0) is 19.1 Å². The van der Waals surface area contributed by atoms with E-state index in [0.717, 1.165) is 0 Å². The molecule has 1 rings (SSSR count). The van der Waals surface area contributed by atoms with Crippen molar-refractivity contribution in [3.05, 3.63) is 29.6 Å². The molecule has 1 aromatic rings. The van der Waals surface area contributed by atoms with Gasteiger partial charge in [0, 0.05) is 17.8 Å². The molecule has 0 saturated heterocycles. The minimum Gasteiger partial charge on any atom is -0.394 e. The highest BCUT2D eigenvalue weighted by molar-refractivity contribution is 5.50. The van der Waals surface area contributed by atoms with E-state index in [0.29, 0.717) is 11.3 Å². The predicted octanol–water partition coefficient (Wildman–Crippen LogP) is 0.899. The van der Waals surface area contributed by atoms with Gasteiger partial charge in [0.2, 0.25) is 0 Å². The van der Waals surface area contributed by atoms with Crippen LogP contribution in [0.1, 0.15) is 5.56 Å². The minimum absolute atomic E-state index is 0.209. The third-order valence-corrected chi connectivity index (χ3v) is 2.01. The van der Waals surface area contributed by atoms with Crippen LogP contribution in [-0.4, -0.2) is 29.5 Å². The number of nitrogens with one attached hydrogen (secondary N) is 1. The second-order valence-corrected chi connectivity index (χ2v) is 3.13. The van der Waals surface area contributed by atoms with Crippen LogP contribution in [0.4, 0.5) is 10.1 Å². The Labute approximate surface area is 82.2 Å². The van der Waals surface area contributed by atoms with E-state index >= 15 is 0 Å². The fraction of sp³-hybridized carbons (Fsp3) is 0.400. The fourth-order valence-corrected chi connectivity index (χ4v) is 1.09. The zero-order valence-corrected chi connectivity index (χ0v) is 8.00. The Kier molecular flexibility index (Phi) is 3.85. The quantitative estimate of drug-likeness (QED) is 0.675. The molecule has 78 valence electrons. The number of rotatable bonds is 4. The summed E-state index contributed by atoms with van der Waals surface area (Å²) in [5, 5.41) is 20.5. The lowest BCUT2D eigenvalue weighted by atomic mass is 10.2. The average Bonchev–Trinajstić information content (AvgIpc) is 2.20. The Morgan fingerprint density at radius 3 is 2.86 bits per heavy atom. The molecule has 0 aliphatic carbocycles. The van der Waals surface area contributed by atoms with Crippen molar-refractivity contribution in [1.29, 1.82) is 0 Å². The molecule has 0 aliphatic rings. The maximum Gasteiger partial charge on any atom is 0.128 e. The summed E-state index contributed by atoms with van der Waals surface area (Å²) in [6, 6.07) is 4.70. The van der Waals surface area contributed by atoms with E-state index in [4.69, 9.17) is 10.2 Å². The maximum atomic E-state index is 13.0. The Bertz CT molecular complexity index is 304. The van der Waals surface area contributed by atoms with Crippen molar-refractivity contribution >= 4 is 5.69 Å². The van der Waals surface area contributed by atoms with Crippen molar-refractivity contribution in [2.24, 2.45) is 0 Å². The molecule has 0 spiro atoms. The first kappa shape index (κ1) is 10.9. The van der Waals surface area contributed by atoms with Gasteiger partial charge in [0.15, 0.2) is 0 Å². The van der Waals surface area contributed by atoms with Crippen LogP contribution in [0.2, 0.25) is 0 Å². The zero-order valence-electron chi connectivity index (χ0n) is 8.00. The first-order chi connectivity index (χ1) is 6.65. The Morgan fingerprint density at radius 2 is 2.21 bits per heavy atom. The van der Waals surface area contributed by atoms with Crippen molar-refractivity contribution < 1.29 is 14.6 Å². The van der Waals surface area contributed by atoms with Gasteiger partial charge in [-0.25, -0.2) is 4.39 Å². The van der Waals surface area contributed by atoms with Crippen molar-refractivity contribution in [3.8, 4) is 0 Å². The molecule has 0 aliphatic heterocycles. The normalized spacial score (nSPS) is 12.6. The first-order valence-electron chi connectivity index (χ1n) is 4.43. The molecule has 1 unspecified atom stereocenters. The molecule has 3 N–H and O–H groups in total. The van der Waals surface area contributed by atoms with Crippen LogP contribution in [0.25, 0.3) is 0 Å². The molecule has 1 aromatic carbocycles. The van der Waals surface area contributed by atoms with Crippen molar-refractivity contribution in [2.45, 2.75) is 13.0 Å². The number of anilines is 1. The number of aliphatic hydroxyl groups is 2. The van der Waals surface area contributed by atoms with Crippen LogP contribution < -0.4 is 5.32 Å². The molecule has 0 bridgehead atoms. The number of halogens is 1. The molecule has 0 amide bonds. The highest BCUT2D eigenvalue weighted by atomic mass is 19.1. The van der Waals surface area contributed by atoms with Crippen molar-refractivity contribution in [3.63, 3.8) is 0 Å². The van der Waals surface area contributed by atoms with Crippen LogP contribution in [0.5, 0.6) is 0 Å². The predicted molar refractivity (Wildman–Crippen MR) is 52.7 cm³/mol. The molecular weight excluding hydrogens is 185 g/mol. The van der Waals surface area contributed by atoms with E-state index in [1.807, 2.05) is 0 Å². The third-order valence-electron chi connectivity index (χ3n) is 2.01. The summed E-state index contributed by atoms with van der Waals surface area (Å²) >= 11 is 0. The summed E-state index contributed by atoms with van der Waals surface area (Å²) in [6.07, 6.45) is -0.822. The number of aliphatic hydroxyl groups excluding tert-OH is 2. The largest absolute Gasteiger partial charge is 0.394 e. The summed E-state index contributed by atoms with van der Waals surface area (Å²) in [6.45, 7) is 1.56. The van der Waals surface area contributed by atoms with E-state index in [-0.39, 0.29) is 19.0 Å². The average molecular weight is 199 g/mol. The van der Waals surface area contributed by atoms with E-state index in [1.165, 1.54) is 6.07 Å². The lowest BCUT2D eigenvalue weighted by molar-refractivity contribution is 0.105. The molecular formula is C10H14FNO2. The van der Waals surface area contributed by atoms with Crippen LogP contribution in [0.3, 0.4) is 0 Å². The molecule has 0 fully saturated rings. The smallest absolute Gasteiger partial charge is 0.128 e. The third kappa shape index (κ3) is 2.68. The van der Waals surface area contributed by atoms with Crippen molar-refractivity contribution in [2.75, 3.05) is 18.5 Å². The lowest BCUT2D eigenvalue weighted by Gasteiger charge is -2.12. The van der Waals surface area contributed by atoms with Gasteiger partial charge < -0.3 is 15.5 Å². The van der Waals surface area contributed by atoms with Gasteiger partial charge in [-0.1, -0.05) is 6.07 Å². The van der Waals surface area contributed by atoms with Crippen LogP contribution in [-0.2, 0) is 0 Å². The molecule has 14 heavy (non-hydrogen) atoms. The van der Waals surface area contributed by atoms with Crippen LogP contribution in [0, 0.1) is 12.7 Å². The summed E-state index contributed by atoms with van der Waals surface area (Å²) < 4.78 is 13.0. The molecule has 3 nitrogen and oxygen atoms in total. The monoisotopic (exact) mass is 199 g/mol. The van der Waals surface area contributed by atoms with E-state index in [1.54, 1.807) is 19.1 Å². The molecule has 0 aromatic heterocycles. The topological polar surface area (TPSA) is 52.5 Å². The number of benzene rings is 1. The maximum absolute atomic E-state index is 13.0. The van der Waals surface area contributed by atoms with Gasteiger partial charge in [0.1, 0.15) is 5.82 Å². The first-order valence-corrected chi connectivity index (χ1v) is 4.43. The molecule has 4 heteroatoms. The van der Waals surface area contributed by atoms with E-state index in [9.17, 15) is 4.39 Å². The standard InChI is InChI=1S/C10H14FNO2/c1-7-9(11)3-2-4-10(7)12-5-8(14)6-13/h2-4,8,12-14H,5-6H2,1H3. The van der Waals surface area contributed by atoms with Crippen molar-refractivity contribution in [1.82, 2.24) is 0 Å². The van der Waals surface area contributed by atoms with Gasteiger partial charge in [0.25, 0.3) is 0 Å². The minimum atomic E-state index is -0.822. The second kappa shape index (κ2) is 4.93. The van der Waals surface area contributed by atoms with E-state index in [2.05, 4.69) is 5.32 Å². The van der Waals surface area contributed by atoms with Gasteiger partial charge in [-0.2, -0.15) is 0 Å². The fourth-order valence-electron chi connectivity index (χ4n) is 1.09. The molecule has 0 radical (unpaired) electrons. The number of hydrogen-bond donors (Lipinski definition) is 3. The summed E-state index contributed by atoms with van der Waals surface area (Å²) in [4.78, 5) is 0. The van der Waals surface area contributed by atoms with Gasteiger partial charge in [-0.15, -0.1) is 0 Å². The van der Waals surface area contributed by atoms with Crippen LogP contribution >= 0.6 is 0 Å². The second-order valence-electron chi connectivity index (χ2n) is 3.13. The molecule has 0 saturated carbocycles. The summed E-state index contributed by atoms with van der Waals surface area (Å²) in [5.41, 5.74) is 1.15. The van der Waals surface area contributed by atoms with Gasteiger partial charge in [0.05, 0.1) is 12.7 Å². The highest BCUT2D eigenvalue weighted by Gasteiger charge is 2.05. The Hall–Kier alpha value is -1.13. The lowest BCUT2D eigenvalue weighted by Crippen LogP contribution is -2.23. The van der Waals surface area contributed by atoms with Gasteiger partial charge in [-0.3, -0.25) is 0 Å². The van der Waals surface area contributed by atoms with Gasteiger partial charge >= 0.3 is 0 Å². The van der Waals surface area contributed by atoms with Crippen LogP contribution in [0.15, 0.2) is 18.2 Å².